The van der Waals surface area contributed by atoms with Crippen molar-refractivity contribution in [1.82, 2.24) is 9.78 Å². The van der Waals surface area contributed by atoms with E-state index in [1.807, 2.05) is 6.92 Å². The number of rotatable bonds is 3. The van der Waals surface area contributed by atoms with Gasteiger partial charge in [-0.05, 0) is 24.6 Å². The highest BCUT2D eigenvalue weighted by atomic mass is 16.4. The van der Waals surface area contributed by atoms with Gasteiger partial charge >= 0.3 is 5.97 Å². The average Bonchev–Trinajstić information content (AvgIpc) is 2.82. The summed E-state index contributed by atoms with van der Waals surface area (Å²) in [5.74, 6) is -1.07. The fraction of sp³-hybridized carbons (Fsp3) is 0.154. The van der Waals surface area contributed by atoms with Crippen LogP contribution in [0.4, 0.5) is 0 Å². The van der Waals surface area contributed by atoms with Gasteiger partial charge in [-0.15, -0.1) is 0 Å². The molecule has 5 heteroatoms. The zero-order chi connectivity index (χ0) is 13.1. The summed E-state index contributed by atoms with van der Waals surface area (Å²) in [4.78, 5) is 10.9. The Morgan fingerprint density at radius 3 is 2.83 bits per heavy atom. The number of nitrogens with zero attached hydrogens (tertiary/aromatic N) is 3. The van der Waals surface area contributed by atoms with E-state index in [1.165, 1.54) is 10.7 Å². The van der Waals surface area contributed by atoms with Gasteiger partial charge in [0.1, 0.15) is 6.07 Å². The molecule has 2 rings (SSSR count). The minimum absolute atomic E-state index is 0.0143. The molecule has 0 fully saturated rings. The Hall–Kier alpha value is -2.61. The molecule has 1 aromatic carbocycles. The lowest BCUT2D eigenvalue weighted by molar-refractivity contribution is 0.0690. The normalized spacial score (nSPS) is 10.0. The van der Waals surface area contributed by atoms with Crippen molar-refractivity contribution < 1.29 is 9.90 Å². The summed E-state index contributed by atoms with van der Waals surface area (Å²) in [5, 5.41) is 22.0. The Bertz CT molecular complexity index is 638. The summed E-state index contributed by atoms with van der Waals surface area (Å²) in [5.41, 5.74) is 1.81. The highest BCUT2D eigenvalue weighted by Gasteiger charge is 2.14. The molecule has 0 aliphatic carbocycles. The van der Waals surface area contributed by atoms with E-state index >= 15 is 0 Å². The van der Waals surface area contributed by atoms with Crippen LogP contribution >= 0.6 is 0 Å². The van der Waals surface area contributed by atoms with Crippen LogP contribution in [0.25, 0.3) is 5.69 Å². The molecule has 0 unspecified atom stereocenters. The Balaban J connectivity index is 2.63. The predicted octanol–water partition coefficient (Wildman–Crippen LogP) is 2.00. The summed E-state index contributed by atoms with van der Waals surface area (Å²) in [6.45, 7) is 1.91. The van der Waals surface area contributed by atoms with Crippen molar-refractivity contribution >= 4 is 5.97 Å². The third-order valence-electron chi connectivity index (χ3n) is 2.62. The maximum Gasteiger partial charge on any atom is 0.356 e. The number of hydrogen-bond acceptors (Lipinski definition) is 3. The van der Waals surface area contributed by atoms with Gasteiger partial charge < -0.3 is 5.11 Å². The van der Waals surface area contributed by atoms with Gasteiger partial charge in [-0.3, -0.25) is 0 Å². The van der Waals surface area contributed by atoms with Gasteiger partial charge in [0.2, 0.25) is 0 Å². The van der Waals surface area contributed by atoms with Crippen LogP contribution in [-0.4, -0.2) is 20.9 Å². The molecule has 0 saturated heterocycles. The zero-order valence-corrected chi connectivity index (χ0v) is 9.79. The van der Waals surface area contributed by atoms with Gasteiger partial charge in [0.25, 0.3) is 0 Å². The summed E-state index contributed by atoms with van der Waals surface area (Å²) in [6, 6.07) is 10.6. The summed E-state index contributed by atoms with van der Waals surface area (Å²) >= 11 is 0. The Morgan fingerprint density at radius 1 is 1.50 bits per heavy atom. The Labute approximate surface area is 104 Å². The number of hydrogen-bond donors (Lipinski definition) is 1. The molecule has 0 spiro atoms. The molecule has 0 amide bonds. The van der Waals surface area contributed by atoms with Crippen molar-refractivity contribution in [3.63, 3.8) is 0 Å². The minimum atomic E-state index is -1.07. The van der Waals surface area contributed by atoms with E-state index in [1.54, 1.807) is 24.3 Å². The van der Waals surface area contributed by atoms with Crippen LogP contribution in [0, 0.1) is 11.3 Å². The topological polar surface area (TPSA) is 78.9 Å². The number of benzene rings is 1. The number of para-hydroxylation sites is 1. The second-order valence-electron chi connectivity index (χ2n) is 3.72. The Morgan fingerprint density at radius 2 is 2.22 bits per heavy atom. The predicted molar refractivity (Wildman–Crippen MR) is 64.6 cm³/mol. The molecule has 0 radical (unpaired) electrons. The quantitative estimate of drug-likeness (QED) is 0.891. The molecule has 0 aliphatic heterocycles. The van der Waals surface area contributed by atoms with Gasteiger partial charge in [0.05, 0.1) is 11.3 Å². The molecule has 0 aliphatic rings. The number of carboxylic acid groups (broad SMARTS) is 1. The third kappa shape index (κ3) is 1.96. The van der Waals surface area contributed by atoms with Crippen LogP contribution in [0.5, 0.6) is 0 Å². The van der Waals surface area contributed by atoms with Crippen LogP contribution in [0.3, 0.4) is 0 Å². The van der Waals surface area contributed by atoms with Crippen LogP contribution in [-0.2, 0) is 6.42 Å². The molecule has 1 heterocycles. The second-order valence-corrected chi connectivity index (χ2v) is 3.72. The largest absolute Gasteiger partial charge is 0.476 e. The first-order chi connectivity index (χ1) is 8.67. The van der Waals surface area contributed by atoms with Crippen molar-refractivity contribution in [2.75, 3.05) is 0 Å². The van der Waals surface area contributed by atoms with Gasteiger partial charge in [-0.25, -0.2) is 9.48 Å². The highest BCUT2D eigenvalue weighted by molar-refractivity contribution is 5.85. The number of carbonyl (C=O) groups is 1. The fourth-order valence-electron chi connectivity index (χ4n) is 1.74. The van der Waals surface area contributed by atoms with E-state index in [9.17, 15) is 4.79 Å². The standard InChI is InChI=1S/C13H11N3O2/c1-2-10-7-11(13(17)18)15-16(10)12-6-4-3-5-9(12)8-14/h3-7H,2H2,1H3,(H,17,18). The molecule has 90 valence electrons. The smallest absolute Gasteiger partial charge is 0.356 e. The lowest BCUT2D eigenvalue weighted by Gasteiger charge is -2.06. The van der Waals surface area contributed by atoms with E-state index in [2.05, 4.69) is 11.2 Å². The highest BCUT2D eigenvalue weighted by Crippen LogP contribution is 2.17. The number of carboxylic acids is 1. The lowest BCUT2D eigenvalue weighted by atomic mass is 10.2. The summed E-state index contributed by atoms with van der Waals surface area (Å²) < 4.78 is 1.52. The molecule has 1 N–H and O–H groups in total. The monoisotopic (exact) mass is 241 g/mol. The number of aromatic nitrogens is 2. The third-order valence-corrected chi connectivity index (χ3v) is 2.62. The molecule has 5 nitrogen and oxygen atoms in total. The van der Waals surface area contributed by atoms with Crippen molar-refractivity contribution in [2.24, 2.45) is 0 Å². The molecular formula is C13H11N3O2. The van der Waals surface area contributed by atoms with E-state index in [0.717, 1.165) is 5.69 Å². The lowest BCUT2D eigenvalue weighted by Crippen LogP contribution is -2.05. The first-order valence-corrected chi connectivity index (χ1v) is 5.49. The minimum Gasteiger partial charge on any atom is -0.476 e. The van der Waals surface area contributed by atoms with Crippen molar-refractivity contribution in [1.29, 1.82) is 5.26 Å². The van der Waals surface area contributed by atoms with E-state index in [-0.39, 0.29) is 5.69 Å². The number of aromatic carboxylic acids is 1. The summed E-state index contributed by atoms with van der Waals surface area (Å²) in [6.07, 6.45) is 0.639. The number of nitriles is 1. The van der Waals surface area contributed by atoms with Crippen LogP contribution in [0.15, 0.2) is 30.3 Å². The van der Waals surface area contributed by atoms with Crippen molar-refractivity contribution in [2.45, 2.75) is 13.3 Å². The average molecular weight is 241 g/mol. The molecule has 0 bridgehead atoms. The van der Waals surface area contributed by atoms with E-state index in [4.69, 9.17) is 10.4 Å². The van der Waals surface area contributed by atoms with Gasteiger partial charge in [-0.2, -0.15) is 10.4 Å². The maximum atomic E-state index is 10.9. The molecular weight excluding hydrogens is 230 g/mol. The van der Waals surface area contributed by atoms with Gasteiger partial charge in [0, 0.05) is 5.69 Å². The van der Waals surface area contributed by atoms with Crippen LogP contribution < -0.4 is 0 Å². The van der Waals surface area contributed by atoms with Gasteiger partial charge in [-0.1, -0.05) is 19.1 Å². The maximum absolute atomic E-state index is 10.9. The molecule has 18 heavy (non-hydrogen) atoms. The van der Waals surface area contributed by atoms with Crippen LogP contribution in [0.1, 0.15) is 28.7 Å². The molecule has 1 aromatic heterocycles. The number of aryl methyl sites for hydroxylation is 1. The second kappa shape index (κ2) is 4.72. The first kappa shape index (κ1) is 11.9. The molecule has 2 aromatic rings. The molecule has 0 atom stereocenters. The van der Waals surface area contributed by atoms with Crippen molar-refractivity contribution in [3.05, 3.63) is 47.3 Å². The van der Waals surface area contributed by atoms with E-state index in [0.29, 0.717) is 17.7 Å². The van der Waals surface area contributed by atoms with E-state index < -0.39 is 5.97 Å². The first-order valence-electron chi connectivity index (χ1n) is 5.49. The fourth-order valence-corrected chi connectivity index (χ4v) is 1.74. The zero-order valence-electron chi connectivity index (χ0n) is 9.79. The van der Waals surface area contributed by atoms with Gasteiger partial charge in [0.15, 0.2) is 5.69 Å². The SMILES string of the molecule is CCc1cc(C(=O)O)nn1-c1ccccc1C#N. The van der Waals surface area contributed by atoms with Crippen LogP contribution in [0.2, 0.25) is 0 Å². The summed E-state index contributed by atoms with van der Waals surface area (Å²) in [7, 11) is 0. The van der Waals surface area contributed by atoms with Crippen molar-refractivity contribution in [3.8, 4) is 11.8 Å². The molecule has 0 saturated carbocycles. The Kier molecular flexibility index (Phi) is 3.11.